The van der Waals surface area contributed by atoms with Crippen LogP contribution in [0.3, 0.4) is 0 Å². The first-order valence-corrected chi connectivity index (χ1v) is 7.04. The standard InChI is InChI=1S/C14H16ClN3O2/c1-10-13(19)18(12-4-2-11(15)3-5-12)14(16-10)17-6-8-20-9-7-17/h2-5,10H,6-9H2,1H3. The number of carbonyl (C=O) groups is 1. The first-order chi connectivity index (χ1) is 9.66. The number of morpholine rings is 1. The van der Waals surface area contributed by atoms with E-state index in [1.54, 1.807) is 17.0 Å². The third-order valence-corrected chi connectivity index (χ3v) is 3.72. The minimum Gasteiger partial charge on any atom is -0.378 e. The van der Waals surface area contributed by atoms with Gasteiger partial charge >= 0.3 is 0 Å². The van der Waals surface area contributed by atoms with Crippen molar-refractivity contribution in [3.05, 3.63) is 29.3 Å². The number of amides is 1. The molecule has 2 heterocycles. The number of nitrogens with zero attached hydrogens (tertiary/aromatic N) is 3. The third kappa shape index (κ3) is 2.39. The van der Waals surface area contributed by atoms with Gasteiger partial charge in [0.15, 0.2) is 0 Å². The van der Waals surface area contributed by atoms with Gasteiger partial charge in [-0.05, 0) is 31.2 Å². The van der Waals surface area contributed by atoms with Crippen molar-refractivity contribution in [2.45, 2.75) is 13.0 Å². The summed E-state index contributed by atoms with van der Waals surface area (Å²) in [5, 5.41) is 0.651. The lowest BCUT2D eigenvalue weighted by Crippen LogP contribution is -2.49. The molecule has 5 nitrogen and oxygen atoms in total. The van der Waals surface area contributed by atoms with Crippen molar-refractivity contribution >= 4 is 29.2 Å². The fourth-order valence-electron chi connectivity index (χ4n) is 2.39. The van der Waals surface area contributed by atoms with Gasteiger partial charge in [0.05, 0.1) is 18.9 Å². The summed E-state index contributed by atoms with van der Waals surface area (Å²) in [4.78, 5) is 20.6. The maximum atomic E-state index is 12.4. The van der Waals surface area contributed by atoms with E-state index in [1.807, 2.05) is 19.1 Å². The molecule has 1 unspecified atom stereocenters. The summed E-state index contributed by atoms with van der Waals surface area (Å²) >= 11 is 5.91. The molecule has 106 valence electrons. The summed E-state index contributed by atoms with van der Waals surface area (Å²) in [6.45, 7) is 4.65. The number of halogens is 1. The molecule has 0 aromatic heterocycles. The van der Waals surface area contributed by atoms with E-state index in [0.29, 0.717) is 24.2 Å². The lowest BCUT2D eigenvalue weighted by molar-refractivity contribution is -0.117. The Kier molecular flexibility index (Phi) is 3.63. The van der Waals surface area contributed by atoms with Crippen molar-refractivity contribution in [3.63, 3.8) is 0 Å². The highest BCUT2D eigenvalue weighted by Crippen LogP contribution is 2.25. The number of hydrogen-bond acceptors (Lipinski definition) is 4. The molecule has 1 amide bonds. The summed E-state index contributed by atoms with van der Waals surface area (Å²) in [6, 6.07) is 6.90. The van der Waals surface area contributed by atoms with Crippen molar-refractivity contribution in [2.24, 2.45) is 4.99 Å². The monoisotopic (exact) mass is 293 g/mol. The van der Waals surface area contributed by atoms with Gasteiger partial charge in [-0.25, -0.2) is 9.89 Å². The van der Waals surface area contributed by atoms with E-state index in [9.17, 15) is 4.79 Å². The Balaban J connectivity index is 1.92. The van der Waals surface area contributed by atoms with Crippen LogP contribution in [0.15, 0.2) is 29.3 Å². The van der Waals surface area contributed by atoms with Gasteiger partial charge in [-0.3, -0.25) is 4.79 Å². The van der Waals surface area contributed by atoms with Crippen LogP contribution in [-0.2, 0) is 9.53 Å². The molecule has 0 N–H and O–H groups in total. The highest BCUT2D eigenvalue weighted by Gasteiger charge is 2.36. The molecular weight excluding hydrogens is 278 g/mol. The van der Waals surface area contributed by atoms with Crippen LogP contribution in [0.4, 0.5) is 5.69 Å². The Bertz CT molecular complexity index is 538. The molecular formula is C14H16ClN3O2. The Morgan fingerprint density at radius 2 is 1.90 bits per heavy atom. The van der Waals surface area contributed by atoms with Gasteiger partial charge in [0.1, 0.15) is 6.04 Å². The molecule has 1 saturated heterocycles. The lowest BCUT2D eigenvalue weighted by Gasteiger charge is -2.32. The number of hydrogen-bond donors (Lipinski definition) is 0. The van der Waals surface area contributed by atoms with Crippen molar-refractivity contribution < 1.29 is 9.53 Å². The van der Waals surface area contributed by atoms with Crippen molar-refractivity contribution in [2.75, 3.05) is 31.2 Å². The van der Waals surface area contributed by atoms with E-state index in [1.165, 1.54) is 0 Å². The zero-order chi connectivity index (χ0) is 14.1. The topological polar surface area (TPSA) is 45.1 Å². The first-order valence-electron chi connectivity index (χ1n) is 6.67. The molecule has 3 rings (SSSR count). The van der Waals surface area contributed by atoms with Crippen LogP contribution in [0.1, 0.15) is 6.92 Å². The van der Waals surface area contributed by atoms with Gasteiger partial charge in [0, 0.05) is 18.1 Å². The largest absolute Gasteiger partial charge is 0.378 e. The predicted octanol–water partition coefficient (Wildman–Crippen LogP) is 1.76. The van der Waals surface area contributed by atoms with E-state index < -0.39 is 0 Å². The zero-order valence-corrected chi connectivity index (χ0v) is 12.0. The molecule has 2 aliphatic rings. The van der Waals surface area contributed by atoms with Crippen LogP contribution < -0.4 is 4.90 Å². The fraction of sp³-hybridized carbons (Fsp3) is 0.429. The Morgan fingerprint density at radius 3 is 2.55 bits per heavy atom. The number of rotatable bonds is 1. The zero-order valence-electron chi connectivity index (χ0n) is 11.3. The van der Waals surface area contributed by atoms with Gasteiger partial charge < -0.3 is 9.64 Å². The highest BCUT2D eigenvalue weighted by molar-refractivity contribution is 6.30. The highest BCUT2D eigenvalue weighted by atomic mass is 35.5. The van der Waals surface area contributed by atoms with E-state index in [2.05, 4.69) is 9.89 Å². The van der Waals surface area contributed by atoms with E-state index in [0.717, 1.165) is 18.8 Å². The van der Waals surface area contributed by atoms with Crippen LogP contribution in [0.2, 0.25) is 5.02 Å². The minimum absolute atomic E-state index is 0.00573. The molecule has 1 fully saturated rings. The van der Waals surface area contributed by atoms with Crippen molar-refractivity contribution in [1.29, 1.82) is 0 Å². The molecule has 1 atom stereocenters. The second-order valence-corrected chi connectivity index (χ2v) is 5.29. The Labute approximate surface area is 122 Å². The summed E-state index contributed by atoms with van der Waals surface area (Å²) < 4.78 is 5.35. The smallest absolute Gasteiger partial charge is 0.258 e. The molecule has 20 heavy (non-hydrogen) atoms. The molecule has 2 aliphatic heterocycles. The average molecular weight is 294 g/mol. The molecule has 1 aromatic carbocycles. The number of guanidine groups is 1. The number of anilines is 1. The fourth-order valence-corrected chi connectivity index (χ4v) is 2.52. The van der Waals surface area contributed by atoms with Gasteiger partial charge in [0.25, 0.3) is 5.91 Å². The SMILES string of the molecule is CC1N=C(N2CCOCC2)N(c2ccc(Cl)cc2)C1=O. The molecule has 1 aromatic rings. The number of carbonyl (C=O) groups excluding carboxylic acids is 1. The van der Waals surface area contributed by atoms with Crippen molar-refractivity contribution in [3.8, 4) is 0 Å². The molecule has 0 radical (unpaired) electrons. The molecule has 0 saturated carbocycles. The molecule has 0 aliphatic carbocycles. The predicted molar refractivity (Wildman–Crippen MR) is 78.2 cm³/mol. The van der Waals surface area contributed by atoms with Crippen molar-refractivity contribution in [1.82, 2.24) is 4.90 Å². The maximum absolute atomic E-state index is 12.4. The van der Waals surface area contributed by atoms with Gasteiger partial charge in [-0.15, -0.1) is 0 Å². The first kappa shape index (κ1) is 13.4. The Hall–Kier alpha value is -1.59. The quantitative estimate of drug-likeness (QED) is 0.793. The Morgan fingerprint density at radius 1 is 1.25 bits per heavy atom. The number of aliphatic imine (C=N–C) groups is 1. The van der Waals surface area contributed by atoms with E-state index in [-0.39, 0.29) is 11.9 Å². The summed E-state index contributed by atoms with van der Waals surface area (Å²) in [6.07, 6.45) is 0. The average Bonchev–Trinajstić information content (AvgIpc) is 2.77. The number of benzene rings is 1. The van der Waals surface area contributed by atoms with Crippen LogP contribution in [0, 0.1) is 0 Å². The second-order valence-electron chi connectivity index (χ2n) is 4.85. The maximum Gasteiger partial charge on any atom is 0.258 e. The van der Waals surface area contributed by atoms with Gasteiger partial charge in [-0.1, -0.05) is 11.6 Å². The summed E-state index contributed by atoms with van der Waals surface area (Å²) in [7, 11) is 0. The van der Waals surface area contributed by atoms with Gasteiger partial charge in [0.2, 0.25) is 5.96 Å². The minimum atomic E-state index is -0.344. The van der Waals surface area contributed by atoms with E-state index in [4.69, 9.17) is 16.3 Å². The summed E-state index contributed by atoms with van der Waals surface area (Å²) in [5.74, 6) is 0.710. The summed E-state index contributed by atoms with van der Waals surface area (Å²) in [5.41, 5.74) is 0.800. The molecule has 6 heteroatoms. The number of ether oxygens (including phenoxy) is 1. The second kappa shape index (κ2) is 5.42. The lowest BCUT2D eigenvalue weighted by atomic mass is 10.2. The molecule has 0 spiro atoms. The van der Waals surface area contributed by atoms with Crippen LogP contribution in [0.5, 0.6) is 0 Å². The van der Waals surface area contributed by atoms with Crippen LogP contribution in [-0.4, -0.2) is 49.1 Å². The molecule has 0 bridgehead atoms. The van der Waals surface area contributed by atoms with Crippen LogP contribution in [0.25, 0.3) is 0 Å². The van der Waals surface area contributed by atoms with Gasteiger partial charge in [-0.2, -0.15) is 0 Å². The third-order valence-electron chi connectivity index (χ3n) is 3.47. The van der Waals surface area contributed by atoms with E-state index >= 15 is 0 Å². The van der Waals surface area contributed by atoms with Crippen LogP contribution >= 0.6 is 11.6 Å². The normalized spacial score (nSPS) is 23.2.